The Hall–Kier alpha value is -2.44. The smallest absolute Gasteiger partial charge is 0.306 e. The van der Waals surface area contributed by atoms with E-state index in [0.29, 0.717) is 24.8 Å². The molecule has 0 spiro atoms. The van der Waals surface area contributed by atoms with Crippen LogP contribution in [0.1, 0.15) is 37.8 Å². The SMILES string of the molecule is CC(NC(=O)[C@@H]1CC[C@H](C(=O)O)C1)c1cccc([N+](=O)[O-])c1. The maximum absolute atomic E-state index is 12.2. The fraction of sp³-hybridized carbons (Fsp3) is 0.467. The first-order valence-electron chi connectivity index (χ1n) is 7.16. The van der Waals surface area contributed by atoms with Gasteiger partial charge in [0.1, 0.15) is 0 Å². The molecule has 7 nitrogen and oxygen atoms in total. The van der Waals surface area contributed by atoms with Crippen LogP contribution in [-0.2, 0) is 9.59 Å². The number of nitrogens with one attached hydrogen (secondary N) is 1. The number of hydrogen-bond donors (Lipinski definition) is 2. The molecule has 1 unspecified atom stereocenters. The average Bonchev–Trinajstić information content (AvgIpc) is 2.97. The lowest BCUT2D eigenvalue weighted by Gasteiger charge is -2.17. The molecule has 1 fully saturated rings. The van der Waals surface area contributed by atoms with Gasteiger partial charge in [-0.15, -0.1) is 0 Å². The van der Waals surface area contributed by atoms with E-state index in [0.717, 1.165) is 0 Å². The Balaban J connectivity index is 1.98. The third-order valence-electron chi connectivity index (χ3n) is 4.09. The van der Waals surface area contributed by atoms with Crippen molar-refractivity contribution in [3.05, 3.63) is 39.9 Å². The van der Waals surface area contributed by atoms with E-state index in [1.807, 2.05) is 0 Å². The van der Waals surface area contributed by atoms with E-state index in [9.17, 15) is 19.7 Å². The molecule has 0 bridgehead atoms. The van der Waals surface area contributed by atoms with Gasteiger partial charge in [0.25, 0.3) is 5.69 Å². The van der Waals surface area contributed by atoms with Gasteiger partial charge in [-0.1, -0.05) is 12.1 Å². The van der Waals surface area contributed by atoms with E-state index in [2.05, 4.69) is 5.32 Å². The molecule has 22 heavy (non-hydrogen) atoms. The van der Waals surface area contributed by atoms with Crippen LogP contribution in [0.15, 0.2) is 24.3 Å². The van der Waals surface area contributed by atoms with Crippen molar-refractivity contribution in [2.45, 2.75) is 32.2 Å². The molecule has 1 aliphatic rings. The number of amides is 1. The van der Waals surface area contributed by atoms with Crippen LogP contribution in [0.25, 0.3) is 0 Å². The first kappa shape index (κ1) is 15.9. The minimum Gasteiger partial charge on any atom is -0.481 e. The molecule has 1 aliphatic carbocycles. The van der Waals surface area contributed by atoms with E-state index < -0.39 is 16.8 Å². The van der Waals surface area contributed by atoms with Gasteiger partial charge in [0.05, 0.1) is 16.9 Å². The number of aliphatic carboxylic acids is 1. The van der Waals surface area contributed by atoms with Crippen molar-refractivity contribution < 1.29 is 19.6 Å². The highest BCUT2D eigenvalue weighted by atomic mass is 16.6. The fourth-order valence-corrected chi connectivity index (χ4v) is 2.77. The highest BCUT2D eigenvalue weighted by Gasteiger charge is 2.34. The zero-order chi connectivity index (χ0) is 16.3. The Morgan fingerprint density at radius 2 is 2.05 bits per heavy atom. The summed E-state index contributed by atoms with van der Waals surface area (Å²) in [4.78, 5) is 33.4. The minimum atomic E-state index is -0.859. The summed E-state index contributed by atoms with van der Waals surface area (Å²) in [5, 5.41) is 22.5. The molecule has 0 aliphatic heterocycles. The maximum Gasteiger partial charge on any atom is 0.306 e. The molecule has 0 saturated heterocycles. The number of nitrogens with zero attached hydrogens (tertiary/aromatic N) is 1. The zero-order valence-corrected chi connectivity index (χ0v) is 12.2. The molecule has 1 aromatic carbocycles. The number of carboxylic acid groups (broad SMARTS) is 1. The normalized spacial score (nSPS) is 22.0. The van der Waals surface area contributed by atoms with Crippen LogP contribution in [0.2, 0.25) is 0 Å². The second-order valence-electron chi connectivity index (χ2n) is 5.63. The van der Waals surface area contributed by atoms with Gasteiger partial charge in [-0.2, -0.15) is 0 Å². The summed E-state index contributed by atoms with van der Waals surface area (Å²) >= 11 is 0. The number of non-ortho nitro benzene ring substituents is 1. The van der Waals surface area contributed by atoms with Crippen molar-refractivity contribution in [1.82, 2.24) is 5.32 Å². The quantitative estimate of drug-likeness (QED) is 0.640. The van der Waals surface area contributed by atoms with Gasteiger partial charge in [0, 0.05) is 18.1 Å². The standard InChI is InChI=1S/C15H18N2O5/c1-9(10-3-2-4-13(8-10)17(21)22)16-14(18)11-5-6-12(7-11)15(19)20/h2-4,8-9,11-12H,5-7H2,1H3,(H,16,18)(H,19,20)/t9?,11-,12+/m1/s1. The van der Waals surface area contributed by atoms with E-state index >= 15 is 0 Å². The van der Waals surface area contributed by atoms with Crippen LogP contribution in [0.4, 0.5) is 5.69 Å². The number of rotatable bonds is 5. The largest absolute Gasteiger partial charge is 0.481 e. The molecule has 1 aromatic rings. The highest BCUT2D eigenvalue weighted by Crippen LogP contribution is 2.31. The van der Waals surface area contributed by atoms with Crippen LogP contribution < -0.4 is 5.32 Å². The van der Waals surface area contributed by atoms with Crippen molar-refractivity contribution in [2.75, 3.05) is 0 Å². The molecule has 2 rings (SSSR count). The van der Waals surface area contributed by atoms with Crippen molar-refractivity contribution in [1.29, 1.82) is 0 Å². The lowest BCUT2D eigenvalue weighted by molar-refractivity contribution is -0.384. The van der Waals surface area contributed by atoms with Crippen LogP contribution in [0.5, 0.6) is 0 Å². The highest BCUT2D eigenvalue weighted by molar-refractivity contribution is 5.81. The number of nitro benzene ring substituents is 1. The molecule has 0 heterocycles. The maximum atomic E-state index is 12.2. The summed E-state index contributed by atoms with van der Waals surface area (Å²) < 4.78 is 0. The number of benzene rings is 1. The first-order valence-corrected chi connectivity index (χ1v) is 7.16. The van der Waals surface area contributed by atoms with Crippen molar-refractivity contribution in [2.24, 2.45) is 11.8 Å². The summed E-state index contributed by atoms with van der Waals surface area (Å²) in [5.41, 5.74) is 0.626. The Kier molecular flexibility index (Phi) is 4.75. The minimum absolute atomic E-state index is 0.0228. The van der Waals surface area contributed by atoms with Crippen LogP contribution >= 0.6 is 0 Å². The summed E-state index contributed by atoms with van der Waals surface area (Å²) in [6.45, 7) is 1.75. The van der Waals surface area contributed by atoms with E-state index in [4.69, 9.17) is 5.11 Å². The molecule has 0 aromatic heterocycles. The van der Waals surface area contributed by atoms with Gasteiger partial charge in [-0.25, -0.2) is 0 Å². The van der Waals surface area contributed by atoms with Crippen molar-refractivity contribution in [3.63, 3.8) is 0 Å². The summed E-state index contributed by atoms with van der Waals surface area (Å²) in [7, 11) is 0. The van der Waals surface area contributed by atoms with E-state index in [1.54, 1.807) is 19.1 Å². The molecule has 118 valence electrons. The fourth-order valence-electron chi connectivity index (χ4n) is 2.77. The van der Waals surface area contributed by atoms with Gasteiger partial charge in [-0.05, 0) is 31.7 Å². The predicted molar refractivity (Wildman–Crippen MR) is 78.1 cm³/mol. The van der Waals surface area contributed by atoms with Gasteiger partial charge in [0.2, 0.25) is 5.91 Å². The molecule has 1 amide bonds. The third-order valence-corrected chi connectivity index (χ3v) is 4.09. The topological polar surface area (TPSA) is 110 Å². The summed E-state index contributed by atoms with van der Waals surface area (Å²) in [5.74, 6) is -1.81. The summed E-state index contributed by atoms with van der Waals surface area (Å²) in [6, 6.07) is 5.75. The second kappa shape index (κ2) is 6.55. The van der Waals surface area contributed by atoms with Crippen molar-refractivity contribution in [3.8, 4) is 0 Å². The lowest BCUT2D eigenvalue weighted by atomic mass is 10.0. The molecule has 2 N–H and O–H groups in total. The van der Waals surface area contributed by atoms with Gasteiger partial charge >= 0.3 is 5.97 Å². The van der Waals surface area contributed by atoms with Crippen molar-refractivity contribution >= 4 is 17.6 Å². The Labute approximate surface area is 127 Å². The number of nitro groups is 1. The monoisotopic (exact) mass is 306 g/mol. The Bertz CT molecular complexity index is 601. The molecule has 1 saturated carbocycles. The second-order valence-corrected chi connectivity index (χ2v) is 5.63. The van der Waals surface area contributed by atoms with E-state index in [-0.39, 0.29) is 23.6 Å². The molecule has 3 atom stereocenters. The number of carbonyl (C=O) groups is 2. The van der Waals surface area contributed by atoms with Gasteiger partial charge < -0.3 is 10.4 Å². The molecule has 7 heteroatoms. The number of carbonyl (C=O) groups excluding carboxylic acids is 1. The van der Waals surface area contributed by atoms with Crippen LogP contribution in [0.3, 0.4) is 0 Å². The number of hydrogen-bond acceptors (Lipinski definition) is 4. The van der Waals surface area contributed by atoms with Crippen LogP contribution in [-0.4, -0.2) is 21.9 Å². The molecular formula is C15H18N2O5. The summed E-state index contributed by atoms with van der Waals surface area (Å²) in [6.07, 6.45) is 1.42. The Morgan fingerprint density at radius 3 is 2.64 bits per heavy atom. The lowest BCUT2D eigenvalue weighted by Crippen LogP contribution is -2.32. The zero-order valence-electron chi connectivity index (χ0n) is 12.2. The van der Waals surface area contributed by atoms with Crippen LogP contribution in [0, 0.1) is 22.0 Å². The first-order chi connectivity index (χ1) is 10.4. The molecule has 0 radical (unpaired) electrons. The molecular weight excluding hydrogens is 288 g/mol. The number of carboxylic acids is 1. The Morgan fingerprint density at radius 1 is 1.36 bits per heavy atom. The van der Waals surface area contributed by atoms with Gasteiger partial charge in [0.15, 0.2) is 0 Å². The average molecular weight is 306 g/mol. The van der Waals surface area contributed by atoms with Gasteiger partial charge in [-0.3, -0.25) is 19.7 Å². The third kappa shape index (κ3) is 3.60. The predicted octanol–water partition coefficient (Wildman–Crippen LogP) is 2.27. The van der Waals surface area contributed by atoms with E-state index in [1.165, 1.54) is 12.1 Å².